The summed E-state index contributed by atoms with van der Waals surface area (Å²) in [5.74, 6) is 0.751. The molecule has 0 radical (unpaired) electrons. The Kier molecular flexibility index (Phi) is 3.44. The number of amides is 1. The maximum absolute atomic E-state index is 12.3. The van der Waals surface area contributed by atoms with E-state index in [0.717, 1.165) is 22.3 Å². The number of pyridine rings is 1. The summed E-state index contributed by atoms with van der Waals surface area (Å²) in [6.07, 6.45) is 2.99. The molecule has 0 aliphatic carbocycles. The van der Waals surface area contributed by atoms with E-state index in [1.165, 1.54) is 5.56 Å². The van der Waals surface area contributed by atoms with Crippen molar-refractivity contribution in [3.8, 4) is 0 Å². The molecule has 4 nitrogen and oxygen atoms in total. The van der Waals surface area contributed by atoms with Crippen LogP contribution < -0.4 is 10.2 Å². The Morgan fingerprint density at radius 1 is 1.25 bits per heavy atom. The molecule has 2 heterocycles. The van der Waals surface area contributed by atoms with Crippen LogP contribution in [0.25, 0.3) is 0 Å². The second-order valence-corrected chi connectivity index (χ2v) is 5.57. The van der Waals surface area contributed by atoms with Crippen LogP contribution in [0.3, 0.4) is 0 Å². The Morgan fingerprint density at radius 3 is 2.80 bits per heavy atom. The molecule has 102 valence electrons. The second kappa shape index (κ2) is 5.25. The zero-order valence-corrected chi connectivity index (χ0v) is 12.6. The van der Waals surface area contributed by atoms with E-state index in [0.29, 0.717) is 12.2 Å². The van der Waals surface area contributed by atoms with Crippen LogP contribution in [0, 0.1) is 0 Å². The number of aryl methyl sites for hydroxylation is 1. The number of hydrogen-bond donors (Lipinski definition) is 1. The van der Waals surface area contributed by atoms with Crippen molar-refractivity contribution in [3.63, 3.8) is 0 Å². The molecule has 1 N–H and O–H groups in total. The van der Waals surface area contributed by atoms with Gasteiger partial charge in [-0.1, -0.05) is 0 Å². The number of hydrogen-bond acceptors (Lipinski definition) is 3. The summed E-state index contributed by atoms with van der Waals surface area (Å²) in [4.78, 5) is 18.3. The Labute approximate surface area is 126 Å². The van der Waals surface area contributed by atoms with Crippen LogP contribution in [-0.4, -0.2) is 17.9 Å². The molecule has 3 rings (SSSR count). The highest BCUT2D eigenvalue weighted by molar-refractivity contribution is 9.10. The maximum Gasteiger partial charge on any atom is 0.233 e. The van der Waals surface area contributed by atoms with E-state index in [1.807, 2.05) is 31.3 Å². The standard InChI is InChI=1S/C15H14BrN3O/c1-17-12-4-5-13-10(8-12)2-7-15(20)19(13)14-6-3-11(16)9-18-14/h3-6,8-9,17H,2,7H2,1H3. The summed E-state index contributed by atoms with van der Waals surface area (Å²) in [5.41, 5.74) is 3.15. The van der Waals surface area contributed by atoms with E-state index in [9.17, 15) is 4.79 Å². The van der Waals surface area contributed by atoms with Crippen LogP contribution in [0.1, 0.15) is 12.0 Å². The number of rotatable bonds is 2. The predicted octanol–water partition coefficient (Wildman–Crippen LogP) is 3.50. The van der Waals surface area contributed by atoms with Gasteiger partial charge in [-0.3, -0.25) is 9.69 Å². The number of carbonyl (C=O) groups excluding carboxylic acids is 1. The Bertz CT molecular complexity index is 655. The van der Waals surface area contributed by atoms with Crippen molar-refractivity contribution >= 4 is 39.0 Å². The molecule has 1 aliphatic rings. The molecule has 1 amide bonds. The molecular weight excluding hydrogens is 318 g/mol. The highest BCUT2D eigenvalue weighted by atomic mass is 79.9. The third kappa shape index (κ3) is 2.29. The normalized spacial score (nSPS) is 14.1. The van der Waals surface area contributed by atoms with E-state index >= 15 is 0 Å². The average Bonchev–Trinajstić information content (AvgIpc) is 2.48. The van der Waals surface area contributed by atoms with Crippen molar-refractivity contribution < 1.29 is 4.79 Å². The lowest BCUT2D eigenvalue weighted by Crippen LogP contribution is -2.31. The van der Waals surface area contributed by atoms with E-state index in [-0.39, 0.29) is 5.91 Å². The highest BCUT2D eigenvalue weighted by Gasteiger charge is 2.26. The van der Waals surface area contributed by atoms with Crippen molar-refractivity contribution in [3.05, 3.63) is 46.6 Å². The summed E-state index contributed by atoms with van der Waals surface area (Å²) in [6.45, 7) is 0. The molecule has 1 aromatic carbocycles. The van der Waals surface area contributed by atoms with Gasteiger partial charge >= 0.3 is 0 Å². The lowest BCUT2D eigenvalue weighted by molar-refractivity contribution is -0.118. The number of carbonyl (C=O) groups is 1. The number of nitrogens with one attached hydrogen (secondary N) is 1. The van der Waals surface area contributed by atoms with Gasteiger partial charge in [0.15, 0.2) is 0 Å². The highest BCUT2D eigenvalue weighted by Crippen LogP contribution is 2.34. The van der Waals surface area contributed by atoms with E-state index < -0.39 is 0 Å². The van der Waals surface area contributed by atoms with Gasteiger partial charge in [0.25, 0.3) is 0 Å². The first-order chi connectivity index (χ1) is 9.69. The number of nitrogens with zero attached hydrogens (tertiary/aromatic N) is 2. The molecular formula is C15H14BrN3O. The van der Waals surface area contributed by atoms with Crippen LogP contribution in [0.15, 0.2) is 41.0 Å². The molecule has 0 unspecified atom stereocenters. The third-order valence-corrected chi connectivity index (χ3v) is 3.88. The monoisotopic (exact) mass is 331 g/mol. The summed E-state index contributed by atoms with van der Waals surface area (Å²) in [5, 5.41) is 3.13. The van der Waals surface area contributed by atoms with E-state index in [4.69, 9.17) is 0 Å². The number of fused-ring (bicyclic) bond motifs is 1. The molecule has 0 saturated carbocycles. The Morgan fingerprint density at radius 2 is 2.10 bits per heavy atom. The van der Waals surface area contributed by atoms with Gasteiger partial charge in [0, 0.05) is 29.8 Å². The number of aromatic nitrogens is 1. The van der Waals surface area contributed by atoms with Crippen LogP contribution >= 0.6 is 15.9 Å². The average molecular weight is 332 g/mol. The Balaban J connectivity index is 2.07. The van der Waals surface area contributed by atoms with Gasteiger partial charge in [0.05, 0.1) is 5.69 Å². The van der Waals surface area contributed by atoms with Crippen LogP contribution in [0.5, 0.6) is 0 Å². The number of benzene rings is 1. The molecule has 0 fully saturated rings. The zero-order valence-electron chi connectivity index (χ0n) is 11.1. The van der Waals surface area contributed by atoms with Gasteiger partial charge in [-0.15, -0.1) is 0 Å². The predicted molar refractivity (Wildman–Crippen MR) is 83.4 cm³/mol. The van der Waals surface area contributed by atoms with Crippen LogP contribution in [0.4, 0.5) is 17.2 Å². The topological polar surface area (TPSA) is 45.2 Å². The molecule has 1 aliphatic heterocycles. The van der Waals surface area contributed by atoms with Gasteiger partial charge in [0.2, 0.25) is 5.91 Å². The van der Waals surface area contributed by atoms with E-state index in [1.54, 1.807) is 11.1 Å². The summed E-state index contributed by atoms with van der Waals surface area (Å²) < 4.78 is 0.900. The molecule has 0 saturated heterocycles. The molecule has 0 atom stereocenters. The summed E-state index contributed by atoms with van der Waals surface area (Å²) >= 11 is 3.36. The third-order valence-electron chi connectivity index (χ3n) is 3.41. The lowest BCUT2D eigenvalue weighted by atomic mass is 10.0. The Hall–Kier alpha value is -1.88. The van der Waals surface area contributed by atoms with Crippen molar-refractivity contribution in [1.29, 1.82) is 0 Å². The van der Waals surface area contributed by atoms with E-state index in [2.05, 4.69) is 32.3 Å². The fraction of sp³-hybridized carbons (Fsp3) is 0.200. The quantitative estimate of drug-likeness (QED) is 0.916. The fourth-order valence-corrected chi connectivity index (χ4v) is 2.63. The largest absolute Gasteiger partial charge is 0.388 e. The number of halogens is 1. The SMILES string of the molecule is CNc1ccc2c(c1)CCC(=O)N2c1ccc(Br)cn1. The smallest absolute Gasteiger partial charge is 0.233 e. The molecule has 0 bridgehead atoms. The lowest BCUT2D eigenvalue weighted by Gasteiger charge is -2.29. The minimum absolute atomic E-state index is 0.0875. The fourth-order valence-electron chi connectivity index (χ4n) is 2.40. The van der Waals surface area contributed by atoms with Crippen molar-refractivity contribution in [2.24, 2.45) is 0 Å². The van der Waals surface area contributed by atoms with Crippen molar-refractivity contribution in [1.82, 2.24) is 4.98 Å². The first kappa shape index (κ1) is 13.1. The minimum Gasteiger partial charge on any atom is -0.388 e. The second-order valence-electron chi connectivity index (χ2n) is 4.66. The molecule has 5 heteroatoms. The maximum atomic E-state index is 12.3. The number of anilines is 3. The van der Waals surface area contributed by atoms with Gasteiger partial charge in [-0.2, -0.15) is 0 Å². The van der Waals surface area contributed by atoms with Crippen molar-refractivity contribution in [2.75, 3.05) is 17.3 Å². The first-order valence-electron chi connectivity index (χ1n) is 6.44. The van der Waals surface area contributed by atoms with Crippen LogP contribution in [0.2, 0.25) is 0 Å². The summed E-state index contributed by atoms with van der Waals surface area (Å²) in [7, 11) is 1.89. The molecule has 2 aromatic rings. The van der Waals surface area contributed by atoms with Gasteiger partial charge in [0.1, 0.15) is 5.82 Å². The zero-order chi connectivity index (χ0) is 14.1. The molecule has 1 aromatic heterocycles. The first-order valence-corrected chi connectivity index (χ1v) is 7.23. The van der Waals surface area contributed by atoms with Gasteiger partial charge in [-0.05, 0) is 58.2 Å². The van der Waals surface area contributed by atoms with Crippen LogP contribution in [-0.2, 0) is 11.2 Å². The summed E-state index contributed by atoms with van der Waals surface area (Å²) in [6, 6.07) is 9.79. The van der Waals surface area contributed by atoms with Crippen molar-refractivity contribution in [2.45, 2.75) is 12.8 Å². The minimum atomic E-state index is 0.0875. The van der Waals surface area contributed by atoms with Gasteiger partial charge in [-0.25, -0.2) is 4.98 Å². The van der Waals surface area contributed by atoms with Gasteiger partial charge < -0.3 is 5.32 Å². The molecule has 20 heavy (non-hydrogen) atoms. The molecule has 0 spiro atoms.